The number of aromatic amines is 1. The maximum atomic E-state index is 14.3. The number of hydrogen-bond acceptors (Lipinski definition) is 5. The summed E-state index contributed by atoms with van der Waals surface area (Å²) in [6, 6.07) is 11.1. The van der Waals surface area contributed by atoms with Crippen molar-refractivity contribution in [3.63, 3.8) is 0 Å². The lowest BCUT2D eigenvalue weighted by Crippen LogP contribution is -2.51. The molecule has 7 nitrogen and oxygen atoms in total. The van der Waals surface area contributed by atoms with Crippen LogP contribution in [0, 0.1) is 29.4 Å². The third-order valence-electron chi connectivity index (χ3n) is 7.41. The Morgan fingerprint density at radius 2 is 1.69 bits per heavy atom. The van der Waals surface area contributed by atoms with Crippen LogP contribution in [-0.4, -0.2) is 37.1 Å². The molecule has 178 valence electrons. The van der Waals surface area contributed by atoms with Crippen LogP contribution in [0.4, 0.5) is 14.7 Å². The average Bonchev–Trinajstić information content (AvgIpc) is 3.29. The Bertz CT molecular complexity index is 1420. The number of anilines is 1. The third-order valence-corrected chi connectivity index (χ3v) is 7.41. The minimum absolute atomic E-state index is 0.129. The molecule has 2 heterocycles. The summed E-state index contributed by atoms with van der Waals surface area (Å²) in [5.41, 5.74) is 1.34. The van der Waals surface area contributed by atoms with Gasteiger partial charge in [-0.1, -0.05) is 30.3 Å². The van der Waals surface area contributed by atoms with E-state index in [1.165, 1.54) is 6.07 Å². The molecule has 35 heavy (non-hydrogen) atoms. The highest BCUT2D eigenvalue weighted by Gasteiger charge is 2.47. The number of nitrogens with one attached hydrogen (secondary N) is 2. The smallest absolute Gasteiger partial charge is 0.308 e. The topological polar surface area (TPSA) is 104 Å². The van der Waals surface area contributed by atoms with E-state index in [1.807, 2.05) is 30.3 Å². The fraction of sp³-hybridized carbons (Fsp3) is 0.308. The quantitative estimate of drug-likeness (QED) is 0.364. The van der Waals surface area contributed by atoms with E-state index in [4.69, 9.17) is 0 Å². The molecule has 2 unspecified atom stereocenters. The highest BCUT2D eigenvalue weighted by Crippen LogP contribution is 2.46. The standard InChI is InChI=1S/C26H23F2N5O2/c27-16-10-17-18(12-29-22(17)19(28)11-16)24-31-23(15-4-2-1-3-5-15)32-26(33-24)30-21-14-8-6-13(7-9-14)20(21)25(34)35/h1-5,10-14,20-21,29H,6-9H2,(H,34,35)(H,30,31,32,33). The van der Waals surface area contributed by atoms with Crippen LogP contribution in [-0.2, 0) is 4.79 Å². The van der Waals surface area contributed by atoms with Crippen molar-refractivity contribution >= 4 is 22.8 Å². The maximum Gasteiger partial charge on any atom is 0.308 e. The van der Waals surface area contributed by atoms with Crippen molar-refractivity contribution in [3.05, 3.63) is 60.3 Å². The van der Waals surface area contributed by atoms with Gasteiger partial charge in [-0.2, -0.15) is 9.97 Å². The zero-order valence-electron chi connectivity index (χ0n) is 18.7. The van der Waals surface area contributed by atoms with E-state index in [0.29, 0.717) is 16.8 Å². The largest absolute Gasteiger partial charge is 0.481 e. The van der Waals surface area contributed by atoms with Crippen molar-refractivity contribution in [2.24, 2.45) is 17.8 Å². The Hall–Kier alpha value is -3.88. The second kappa shape index (κ2) is 8.41. The number of hydrogen-bond donors (Lipinski definition) is 3. The molecule has 3 aliphatic carbocycles. The summed E-state index contributed by atoms with van der Waals surface area (Å²) in [6.07, 6.45) is 5.32. The first-order valence-electron chi connectivity index (χ1n) is 11.8. The van der Waals surface area contributed by atoms with Crippen molar-refractivity contribution < 1.29 is 18.7 Å². The molecule has 0 aliphatic heterocycles. The molecule has 0 amide bonds. The summed E-state index contributed by atoms with van der Waals surface area (Å²) in [5.74, 6) is -1.50. The number of halogens is 2. The van der Waals surface area contributed by atoms with Crippen LogP contribution in [0.3, 0.4) is 0 Å². The number of benzene rings is 2. The molecule has 9 heteroatoms. The molecule has 4 aromatic rings. The minimum atomic E-state index is -0.808. The zero-order chi connectivity index (χ0) is 24.1. The number of aromatic nitrogens is 4. The molecule has 7 rings (SSSR count). The van der Waals surface area contributed by atoms with E-state index in [2.05, 4.69) is 25.3 Å². The molecule has 2 atom stereocenters. The molecule has 0 radical (unpaired) electrons. The van der Waals surface area contributed by atoms with E-state index >= 15 is 0 Å². The Kier molecular flexibility index (Phi) is 5.20. The van der Waals surface area contributed by atoms with Crippen molar-refractivity contribution in [1.82, 2.24) is 19.9 Å². The monoisotopic (exact) mass is 475 g/mol. The van der Waals surface area contributed by atoms with Gasteiger partial charge in [-0.05, 0) is 43.6 Å². The van der Waals surface area contributed by atoms with E-state index in [9.17, 15) is 18.7 Å². The molecule has 0 saturated heterocycles. The van der Waals surface area contributed by atoms with Crippen LogP contribution in [0.1, 0.15) is 25.7 Å². The number of carboxylic acids is 1. The highest BCUT2D eigenvalue weighted by molar-refractivity contribution is 5.94. The Morgan fingerprint density at radius 1 is 0.971 bits per heavy atom. The number of aliphatic carboxylic acids is 1. The number of nitrogens with zero attached hydrogens (tertiary/aromatic N) is 3. The van der Waals surface area contributed by atoms with Gasteiger partial charge in [0.05, 0.1) is 11.4 Å². The van der Waals surface area contributed by atoms with Crippen LogP contribution in [0.2, 0.25) is 0 Å². The van der Waals surface area contributed by atoms with E-state index in [-0.39, 0.29) is 35.2 Å². The summed E-state index contributed by atoms with van der Waals surface area (Å²) in [6.45, 7) is 0. The Labute approximate surface area is 199 Å². The van der Waals surface area contributed by atoms with E-state index in [1.54, 1.807) is 6.20 Å². The van der Waals surface area contributed by atoms with Gasteiger partial charge in [-0.15, -0.1) is 0 Å². The van der Waals surface area contributed by atoms with Gasteiger partial charge in [0, 0.05) is 34.8 Å². The van der Waals surface area contributed by atoms with E-state index < -0.39 is 23.5 Å². The number of H-pyrrole nitrogens is 1. The fourth-order valence-electron chi connectivity index (χ4n) is 5.78. The van der Waals surface area contributed by atoms with E-state index in [0.717, 1.165) is 37.3 Å². The molecule has 3 aliphatic rings. The molecule has 3 saturated carbocycles. The van der Waals surface area contributed by atoms with Gasteiger partial charge >= 0.3 is 5.97 Å². The fourth-order valence-corrected chi connectivity index (χ4v) is 5.78. The first-order valence-corrected chi connectivity index (χ1v) is 11.8. The van der Waals surface area contributed by atoms with Crippen LogP contribution >= 0.6 is 0 Å². The second-order valence-electron chi connectivity index (χ2n) is 9.39. The van der Waals surface area contributed by atoms with Crippen molar-refractivity contribution in [2.45, 2.75) is 31.7 Å². The van der Waals surface area contributed by atoms with Crippen LogP contribution in [0.15, 0.2) is 48.7 Å². The van der Waals surface area contributed by atoms with Gasteiger partial charge in [0.1, 0.15) is 11.6 Å². The number of rotatable bonds is 5. The molecule has 3 fully saturated rings. The van der Waals surface area contributed by atoms with Gasteiger partial charge in [-0.3, -0.25) is 4.79 Å². The minimum Gasteiger partial charge on any atom is -0.481 e. The zero-order valence-corrected chi connectivity index (χ0v) is 18.7. The summed E-state index contributed by atoms with van der Waals surface area (Å²) in [7, 11) is 0. The molecule has 2 aromatic heterocycles. The van der Waals surface area contributed by atoms with Crippen molar-refractivity contribution in [3.8, 4) is 22.8 Å². The Balaban J connectivity index is 1.47. The summed E-state index contributed by atoms with van der Waals surface area (Å²) in [5, 5.41) is 13.6. The Morgan fingerprint density at radius 3 is 2.43 bits per heavy atom. The molecular formula is C26H23F2N5O2. The van der Waals surface area contributed by atoms with Crippen molar-refractivity contribution in [1.29, 1.82) is 0 Å². The third kappa shape index (κ3) is 3.80. The predicted octanol–water partition coefficient (Wildman–Crippen LogP) is 5.27. The van der Waals surface area contributed by atoms with Gasteiger partial charge in [0.2, 0.25) is 5.95 Å². The predicted molar refractivity (Wildman–Crippen MR) is 126 cm³/mol. The lowest BCUT2D eigenvalue weighted by atomic mass is 9.61. The van der Waals surface area contributed by atoms with Gasteiger partial charge in [0.15, 0.2) is 11.6 Å². The first-order chi connectivity index (χ1) is 17.0. The SMILES string of the molecule is O=C(O)C1C2CCC(CC2)C1Nc1nc(-c2ccccc2)nc(-c2c[nH]c3c(F)cc(F)cc23)n1. The van der Waals surface area contributed by atoms with Crippen molar-refractivity contribution in [2.75, 3.05) is 5.32 Å². The summed E-state index contributed by atoms with van der Waals surface area (Å²) >= 11 is 0. The number of carbonyl (C=O) groups is 1. The molecule has 2 aromatic carbocycles. The molecular weight excluding hydrogens is 452 g/mol. The molecule has 3 N–H and O–H groups in total. The lowest BCUT2D eigenvalue weighted by molar-refractivity contribution is -0.148. The van der Waals surface area contributed by atoms with Crippen LogP contribution < -0.4 is 5.32 Å². The second-order valence-corrected chi connectivity index (χ2v) is 9.39. The first kappa shape index (κ1) is 21.6. The highest BCUT2D eigenvalue weighted by atomic mass is 19.1. The maximum absolute atomic E-state index is 14.3. The van der Waals surface area contributed by atoms with Gasteiger partial charge in [-0.25, -0.2) is 13.8 Å². The summed E-state index contributed by atoms with van der Waals surface area (Å²) in [4.78, 5) is 28.8. The van der Waals surface area contributed by atoms with Gasteiger partial charge in [0.25, 0.3) is 0 Å². The van der Waals surface area contributed by atoms with Gasteiger partial charge < -0.3 is 15.4 Å². The molecule has 2 bridgehead atoms. The summed E-state index contributed by atoms with van der Waals surface area (Å²) < 4.78 is 28.4. The number of fused-ring (bicyclic) bond motifs is 4. The van der Waals surface area contributed by atoms with Crippen LogP contribution in [0.25, 0.3) is 33.7 Å². The normalized spacial score (nSPS) is 23.5. The molecule has 0 spiro atoms. The lowest BCUT2D eigenvalue weighted by Gasteiger charge is -2.46. The average molecular weight is 475 g/mol. The number of carboxylic acid groups (broad SMARTS) is 1. The van der Waals surface area contributed by atoms with Crippen LogP contribution in [0.5, 0.6) is 0 Å².